The number of benzene rings is 1. The Kier molecular flexibility index (Phi) is 6.10. The van der Waals surface area contributed by atoms with Gasteiger partial charge in [0.15, 0.2) is 0 Å². The number of pyridine rings is 1. The molecule has 3 N–H and O–H groups in total. The van der Waals surface area contributed by atoms with Crippen molar-refractivity contribution in [2.45, 2.75) is 26.3 Å². The van der Waals surface area contributed by atoms with Crippen LogP contribution in [0.3, 0.4) is 0 Å². The van der Waals surface area contributed by atoms with Gasteiger partial charge in [-0.1, -0.05) is 0 Å². The van der Waals surface area contributed by atoms with Crippen molar-refractivity contribution >= 4 is 17.7 Å². The number of halogens is 1. The van der Waals surface area contributed by atoms with Crippen molar-refractivity contribution in [3.05, 3.63) is 60.0 Å². The molecule has 0 saturated carbocycles. The zero-order valence-electron chi connectivity index (χ0n) is 17.2. The second-order valence-electron chi connectivity index (χ2n) is 7.53. The van der Waals surface area contributed by atoms with Gasteiger partial charge in [-0.3, -0.25) is 9.89 Å². The van der Waals surface area contributed by atoms with Crippen molar-refractivity contribution in [1.82, 2.24) is 20.5 Å². The Morgan fingerprint density at radius 2 is 1.90 bits per heavy atom. The lowest BCUT2D eigenvalue weighted by molar-refractivity contribution is 0.100. The third-order valence-corrected chi connectivity index (χ3v) is 3.87. The fourth-order valence-corrected chi connectivity index (χ4v) is 2.54. The van der Waals surface area contributed by atoms with E-state index < -0.39 is 5.91 Å². The Balaban J connectivity index is 1.84. The fraction of sp³-hybridized carbons (Fsp3) is 0.238. The van der Waals surface area contributed by atoms with Crippen molar-refractivity contribution in [2.24, 2.45) is 4.99 Å². The number of nitrogens with one attached hydrogen (secondary N) is 3. The molecule has 3 rings (SSSR count). The van der Waals surface area contributed by atoms with Crippen LogP contribution in [0.15, 0.2) is 53.7 Å². The number of nitrogens with zero attached hydrogens (tertiary/aromatic N) is 3. The predicted octanol–water partition coefficient (Wildman–Crippen LogP) is 3.62. The number of carbonyl (C=O) groups is 1. The molecular weight excluding hydrogens is 387 g/mol. The molecule has 0 aliphatic carbocycles. The molecule has 8 nitrogen and oxygen atoms in total. The van der Waals surface area contributed by atoms with Gasteiger partial charge >= 0.3 is 0 Å². The lowest BCUT2D eigenvalue weighted by atomic mass is 10.1. The molecule has 9 heteroatoms. The highest BCUT2D eigenvalue weighted by atomic mass is 19.1. The SMILES string of the molecule is COc1cc(C(=O)/N=C(\Nc2cc(-c3ccc(F)cc3)n[nH]2)NC(C)(C)C)ccn1. The van der Waals surface area contributed by atoms with E-state index in [2.05, 4.69) is 30.8 Å². The first kappa shape index (κ1) is 21.0. The van der Waals surface area contributed by atoms with Crippen LogP contribution in [0.5, 0.6) is 5.88 Å². The minimum absolute atomic E-state index is 0.248. The van der Waals surface area contributed by atoms with E-state index >= 15 is 0 Å². The fourth-order valence-electron chi connectivity index (χ4n) is 2.54. The van der Waals surface area contributed by atoms with Crippen molar-refractivity contribution in [3.8, 4) is 17.1 Å². The summed E-state index contributed by atoms with van der Waals surface area (Å²) in [5.74, 6) is 0.310. The smallest absolute Gasteiger partial charge is 0.280 e. The average molecular weight is 410 g/mol. The normalized spacial score (nSPS) is 11.8. The molecule has 2 aromatic heterocycles. The van der Waals surface area contributed by atoms with Gasteiger partial charge in [-0.2, -0.15) is 10.1 Å². The summed E-state index contributed by atoms with van der Waals surface area (Å²) in [5, 5.41) is 13.3. The zero-order chi connectivity index (χ0) is 21.7. The van der Waals surface area contributed by atoms with Crippen LogP contribution in [0, 0.1) is 5.82 Å². The first-order chi connectivity index (χ1) is 14.2. The molecule has 1 aromatic carbocycles. The van der Waals surface area contributed by atoms with E-state index in [-0.39, 0.29) is 17.3 Å². The van der Waals surface area contributed by atoms with E-state index in [9.17, 15) is 9.18 Å². The molecule has 30 heavy (non-hydrogen) atoms. The minimum Gasteiger partial charge on any atom is -0.481 e. The van der Waals surface area contributed by atoms with Crippen molar-refractivity contribution in [3.63, 3.8) is 0 Å². The van der Waals surface area contributed by atoms with Gasteiger partial charge in [-0.15, -0.1) is 0 Å². The Hall–Kier alpha value is -3.75. The maximum Gasteiger partial charge on any atom is 0.280 e. The summed E-state index contributed by atoms with van der Waals surface area (Å²) in [6.45, 7) is 5.84. The molecule has 0 unspecified atom stereocenters. The van der Waals surface area contributed by atoms with Crippen LogP contribution in [0.25, 0.3) is 11.3 Å². The molecule has 0 atom stereocenters. The summed E-state index contributed by atoms with van der Waals surface area (Å²) < 4.78 is 18.2. The van der Waals surface area contributed by atoms with Crippen LogP contribution >= 0.6 is 0 Å². The molecule has 156 valence electrons. The number of methoxy groups -OCH3 is 1. The van der Waals surface area contributed by atoms with Gasteiger partial charge < -0.3 is 15.4 Å². The van der Waals surface area contributed by atoms with Crippen LogP contribution < -0.4 is 15.4 Å². The van der Waals surface area contributed by atoms with Gasteiger partial charge in [0, 0.05) is 35.0 Å². The Morgan fingerprint density at radius 3 is 2.57 bits per heavy atom. The van der Waals surface area contributed by atoms with E-state index in [1.54, 1.807) is 24.3 Å². The number of ether oxygens (including phenoxy) is 1. The molecule has 0 spiro atoms. The number of H-pyrrole nitrogens is 1. The van der Waals surface area contributed by atoms with Crippen molar-refractivity contribution in [1.29, 1.82) is 0 Å². The molecule has 0 aliphatic heterocycles. The standard InChI is InChI=1S/C21H23FN6O2/c1-21(2,3)26-20(25-19(29)14-9-10-23-18(11-14)30-4)24-17-12-16(27-28-17)13-5-7-15(22)8-6-13/h5-12H,1-4H3,(H3,24,25,26,27,28,29). The number of guanidine groups is 1. The monoisotopic (exact) mass is 410 g/mol. The zero-order valence-corrected chi connectivity index (χ0v) is 17.2. The first-order valence-electron chi connectivity index (χ1n) is 9.23. The quantitative estimate of drug-likeness (QED) is 0.448. The van der Waals surface area contributed by atoms with Gasteiger partial charge in [-0.25, -0.2) is 9.37 Å². The molecular formula is C21H23FN6O2. The minimum atomic E-state index is -0.465. The van der Waals surface area contributed by atoms with E-state index in [0.717, 1.165) is 5.56 Å². The molecule has 0 aliphatic rings. The second kappa shape index (κ2) is 8.73. The summed E-state index contributed by atoms with van der Waals surface area (Å²) in [4.78, 5) is 20.8. The molecule has 1 amide bonds. The van der Waals surface area contributed by atoms with E-state index in [1.807, 2.05) is 20.8 Å². The van der Waals surface area contributed by atoms with Crippen LogP contribution in [-0.2, 0) is 0 Å². The van der Waals surface area contributed by atoms with E-state index in [0.29, 0.717) is 23.0 Å². The van der Waals surface area contributed by atoms with Crippen LogP contribution in [-0.4, -0.2) is 39.7 Å². The summed E-state index contributed by atoms with van der Waals surface area (Å²) in [6.07, 6.45) is 1.48. The van der Waals surface area contributed by atoms with E-state index in [1.165, 1.54) is 31.5 Å². The maximum absolute atomic E-state index is 13.1. The molecule has 2 heterocycles. The number of rotatable bonds is 4. The number of amides is 1. The number of aromatic nitrogens is 3. The highest BCUT2D eigenvalue weighted by Gasteiger charge is 2.16. The molecule has 0 saturated heterocycles. The predicted molar refractivity (Wildman–Crippen MR) is 113 cm³/mol. The number of hydrogen-bond donors (Lipinski definition) is 3. The number of aromatic amines is 1. The van der Waals surface area contributed by atoms with Crippen molar-refractivity contribution in [2.75, 3.05) is 12.4 Å². The van der Waals surface area contributed by atoms with Gasteiger partial charge in [0.1, 0.15) is 11.6 Å². The Labute approximate surface area is 173 Å². The number of hydrogen-bond acceptors (Lipinski definition) is 4. The van der Waals surface area contributed by atoms with Gasteiger partial charge in [-0.05, 0) is 51.1 Å². The Morgan fingerprint density at radius 1 is 1.17 bits per heavy atom. The highest BCUT2D eigenvalue weighted by molar-refractivity contribution is 6.06. The van der Waals surface area contributed by atoms with Gasteiger partial charge in [0.25, 0.3) is 5.91 Å². The molecule has 0 bridgehead atoms. The van der Waals surface area contributed by atoms with Crippen molar-refractivity contribution < 1.29 is 13.9 Å². The second-order valence-corrected chi connectivity index (χ2v) is 7.53. The summed E-state index contributed by atoms with van der Waals surface area (Å²) >= 11 is 0. The lowest BCUT2D eigenvalue weighted by Gasteiger charge is -2.23. The summed E-state index contributed by atoms with van der Waals surface area (Å²) in [6, 6.07) is 10.8. The largest absolute Gasteiger partial charge is 0.481 e. The third-order valence-electron chi connectivity index (χ3n) is 3.87. The van der Waals surface area contributed by atoms with Crippen LogP contribution in [0.1, 0.15) is 31.1 Å². The maximum atomic E-state index is 13.1. The number of anilines is 1. The number of aliphatic imine (C=N–C) groups is 1. The molecule has 0 radical (unpaired) electrons. The molecule has 3 aromatic rings. The number of carbonyl (C=O) groups excluding carboxylic acids is 1. The third kappa shape index (κ3) is 5.63. The Bertz CT molecular complexity index is 1050. The topological polar surface area (TPSA) is 104 Å². The molecule has 0 fully saturated rings. The summed E-state index contributed by atoms with van der Waals surface area (Å²) in [7, 11) is 1.48. The highest BCUT2D eigenvalue weighted by Crippen LogP contribution is 2.20. The average Bonchev–Trinajstić information content (AvgIpc) is 3.15. The van der Waals surface area contributed by atoms with E-state index in [4.69, 9.17) is 4.74 Å². The van der Waals surface area contributed by atoms with Gasteiger partial charge in [0.2, 0.25) is 11.8 Å². The lowest BCUT2D eigenvalue weighted by Crippen LogP contribution is -2.44. The first-order valence-corrected chi connectivity index (χ1v) is 9.23. The summed E-state index contributed by atoms with van der Waals surface area (Å²) in [5.41, 5.74) is 1.36. The van der Waals surface area contributed by atoms with Crippen LogP contribution in [0.4, 0.5) is 10.2 Å². The van der Waals surface area contributed by atoms with Gasteiger partial charge in [0.05, 0.1) is 12.8 Å². The van der Waals surface area contributed by atoms with Crippen LogP contribution in [0.2, 0.25) is 0 Å².